The number of hydrogen-bond donors (Lipinski definition) is 0. The fraction of sp³-hybridized carbons (Fsp3) is 0.318. The Labute approximate surface area is 167 Å². The van der Waals surface area contributed by atoms with Crippen molar-refractivity contribution >= 4 is 0 Å². The summed E-state index contributed by atoms with van der Waals surface area (Å²) in [5.74, 6) is 0.200. The molecule has 1 saturated heterocycles. The number of likely N-dealkylation sites (tertiary alicyclic amines) is 1. The van der Waals surface area contributed by atoms with Crippen molar-refractivity contribution < 1.29 is 13.2 Å². The van der Waals surface area contributed by atoms with Crippen LogP contribution in [0, 0.1) is 0 Å². The van der Waals surface area contributed by atoms with Crippen LogP contribution in [0.1, 0.15) is 35.7 Å². The maximum atomic E-state index is 13.0. The number of benzene rings is 1. The standard InChI is InChI=1S/C22H21F3N4/c23-22(24,25)18-7-3-5-16(11-18)20-12-26-13-21(28-20)17-6-4-10-29(14-17)15-19-8-1-2-9-27-19/h1-3,5,7-9,11-13,17H,4,6,10,14-15H2/t17-/m0/s1. The van der Waals surface area contributed by atoms with Crippen LogP contribution >= 0.6 is 0 Å². The summed E-state index contributed by atoms with van der Waals surface area (Å²) < 4.78 is 39.1. The molecule has 0 saturated carbocycles. The maximum Gasteiger partial charge on any atom is 0.416 e. The Morgan fingerprint density at radius 3 is 2.76 bits per heavy atom. The van der Waals surface area contributed by atoms with Gasteiger partial charge in [-0.15, -0.1) is 0 Å². The van der Waals surface area contributed by atoms with Crippen molar-refractivity contribution in [2.24, 2.45) is 0 Å². The molecule has 1 aliphatic heterocycles. The molecule has 0 N–H and O–H groups in total. The van der Waals surface area contributed by atoms with Gasteiger partial charge in [0.1, 0.15) is 0 Å². The number of rotatable bonds is 4. The number of aromatic nitrogens is 3. The van der Waals surface area contributed by atoms with Gasteiger partial charge in [0.05, 0.1) is 28.8 Å². The van der Waals surface area contributed by atoms with Gasteiger partial charge in [-0.25, -0.2) is 4.98 Å². The van der Waals surface area contributed by atoms with E-state index >= 15 is 0 Å². The average molecular weight is 398 g/mol. The number of halogens is 3. The summed E-state index contributed by atoms with van der Waals surface area (Å²) >= 11 is 0. The van der Waals surface area contributed by atoms with E-state index in [-0.39, 0.29) is 5.92 Å². The molecule has 7 heteroatoms. The largest absolute Gasteiger partial charge is 0.416 e. The Morgan fingerprint density at radius 2 is 1.97 bits per heavy atom. The van der Waals surface area contributed by atoms with E-state index in [9.17, 15) is 13.2 Å². The number of hydrogen-bond acceptors (Lipinski definition) is 4. The van der Waals surface area contributed by atoms with E-state index in [4.69, 9.17) is 0 Å². The minimum atomic E-state index is -4.38. The van der Waals surface area contributed by atoms with Gasteiger partial charge in [0.15, 0.2) is 0 Å². The Hall–Kier alpha value is -2.80. The second kappa shape index (κ2) is 8.29. The minimum absolute atomic E-state index is 0.200. The Bertz CT molecular complexity index is 960. The van der Waals surface area contributed by atoms with E-state index in [0.29, 0.717) is 11.3 Å². The van der Waals surface area contributed by atoms with E-state index in [1.54, 1.807) is 18.5 Å². The maximum absolute atomic E-state index is 13.0. The van der Waals surface area contributed by atoms with E-state index in [1.807, 2.05) is 18.2 Å². The molecule has 4 rings (SSSR count). The van der Waals surface area contributed by atoms with Gasteiger partial charge in [0.2, 0.25) is 0 Å². The highest BCUT2D eigenvalue weighted by atomic mass is 19.4. The van der Waals surface area contributed by atoms with Gasteiger partial charge in [-0.2, -0.15) is 13.2 Å². The first-order valence-corrected chi connectivity index (χ1v) is 9.61. The molecule has 1 fully saturated rings. The summed E-state index contributed by atoms with van der Waals surface area (Å²) in [6.07, 6.45) is 2.68. The summed E-state index contributed by atoms with van der Waals surface area (Å²) in [5.41, 5.74) is 2.06. The zero-order valence-corrected chi connectivity index (χ0v) is 15.8. The molecule has 0 spiro atoms. The molecule has 2 aromatic heterocycles. The first-order valence-electron chi connectivity index (χ1n) is 9.61. The molecule has 0 aliphatic carbocycles. The molecular weight excluding hydrogens is 377 g/mol. The molecule has 3 heterocycles. The van der Waals surface area contributed by atoms with Crippen LogP contribution in [0.2, 0.25) is 0 Å². The third-order valence-electron chi connectivity index (χ3n) is 5.17. The van der Waals surface area contributed by atoms with Crippen molar-refractivity contribution in [1.29, 1.82) is 0 Å². The molecule has 1 aromatic carbocycles. The number of pyridine rings is 1. The van der Waals surface area contributed by atoms with Crippen molar-refractivity contribution in [3.8, 4) is 11.3 Å². The molecule has 4 nitrogen and oxygen atoms in total. The van der Waals surface area contributed by atoms with Crippen LogP contribution in [0.15, 0.2) is 61.1 Å². The van der Waals surface area contributed by atoms with Gasteiger partial charge < -0.3 is 0 Å². The third-order valence-corrected chi connectivity index (χ3v) is 5.17. The summed E-state index contributed by atoms with van der Waals surface area (Å²) in [6.45, 7) is 2.60. The van der Waals surface area contributed by atoms with Crippen molar-refractivity contribution in [3.63, 3.8) is 0 Å². The number of piperidine rings is 1. The third kappa shape index (κ3) is 4.79. The van der Waals surface area contributed by atoms with Crippen molar-refractivity contribution in [2.75, 3.05) is 13.1 Å². The van der Waals surface area contributed by atoms with Crippen molar-refractivity contribution in [3.05, 3.63) is 78.0 Å². The van der Waals surface area contributed by atoms with Crippen LogP contribution in [0.5, 0.6) is 0 Å². The topological polar surface area (TPSA) is 41.9 Å². The van der Waals surface area contributed by atoms with Gasteiger partial charge >= 0.3 is 6.18 Å². The molecule has 1 aliphatic rings. The van der Waals surface area contributed by atoms with Crippen LogP contribution < -0.4 is 0 Å². The van der Waals surface area contributed by atoms with Crippen LogP contribution in [0.25, 0.3) is 11.3 Å². The number of nitrogens with zero attached hydrogens (tertiary/aromatic N) is 4. The molecule has 0 radical (unpaired) electrons. The summed E-state index contributed by atoms with van der Waals surface area (Å²) in [5, 5.41) is 0. The first kappa shape index (κ1) is 19.5. The highest BCUT2D eigenvalue weighted by Gasteiger charge is 2.30. The van der Waals surface area contributed by atoms with Crippen molar-refractivity contribution in [2.45, 2.75) is 31.5 Å². The van der Waals surface area contributed by atoms with Gasteiger partial charge in [-0.05, 0) is 43.7 Å². The van der Waals surface area contributed by atoms with Crippen molar-refractivity contribution in [1.82, 2.24) is 19.9 Å². The predicted octanol–water partition coefficient (Wildman–Crippen LogP) is 4.94. The smallest absolute Gasteiger partial charge is 0.297 e. The molecule has 150 valence electrons. The lowest BCUT2D eigenvalue weighted by Gasteiger charge is -2.32. The first-order chi connectivity index (χ1) is 14.0. The second-order valence-corrected chi connectivity index (χ2v) is 7.30. The lowest BCUT2D eigenvalue weighted by Crippen LogP contribution is -2.34. The Kier molecular flexibility index (Phi) is 5.58. The van der Waals surface area contributed by atoms with Crippen LogP contribution in [0.4, 0.5) is 13.2 Å². The summed E-state index contributed by atoms with van der Waals surface area (Å²) in [6, 6.07) is 11.1. The lowest BCUT2D eigenvalue weighted by molar-refractivity contribution is -0.137. The van der Waals surface area contributed by atoms with E-state index in [1.165, 1.54) is 12.3 Å². The van der Waals surface area contributed by atoms with Gasteiger partial charge in [-0.1, -0.05) is 18.2 Å². The van der Waals surface area contributed by atoms with Crippen LogP contribution in [0.3, 0.4) is 0 Å². The van der Waals surface area contributed by atoms with E-state index in [0.717, 1.165) is 56.0 Å². The second-order valence-electron chi connectivity index (χ2n) is 7.30. The average Bonchev–Trinajstić information content (AvgIpc) is 2.74. The van der Waals surface area contributed by atoms with Crippen LogP contribution in [-0.4, -0.2) is 32.9 Å². The zero-order valence-electron chi connectivity index (χ0n) is 15.8. The SMILES string of the molecule is FC(F)(F)c1cccc(-c2cncc([C@H]3CCCN(Cc4ccccn4)C3)n2)c1. The quantitative estimate of drug-likeness (QED) is 0.625. The van der Waals surface area contributed by atoms with E-state index < -0.39 is 11.7 Å². The highest BCUT2D eigenvalue weighted by Crippen LogP contribution is 2.32. The lowest BCUT2D eigenvalue weighted by atomic mass is 9.94. The molecule has 0 unspecified atom stereocenters. The molecule has 29 heavy (non-hydrogen) atoms. The monoisotopic (exact) mass is 398 g/mol. The summed E-state index contributed by atoms with van der Waals surface area (Å²) in [7, 11) is 0. The van der Waals surface area contributed by atoms with E-state index in [2.05, 4.69) is 19.9 Å². The van der Waals surface area contributed by atoms with Gasteiger partial charge in [0.25, 0.3) is 0 Å². The fourth-order valence-corrected chi connectivity index (χ4v) is 3.73. The molecule has 0 amide bonds. The zero-order chi connectivity index (χ0) is 20.3. The van der Waals surface area contributed by atoms with Crippen LogP contribution in [-0.2, 0) is 12.7 Å². The Morgan fingerprint density at radius 1 is 1.07 bits per heavy atom. The molecule has 3 aromatic rings. The molecule has 0 bridgehead atoms. The normalized spacial score (nSPS) is 18.0. The number of alkyl halides is 3. The highest BCUT2D eigenvalue weighted by molar-refractivity contribution is 5.59. The summed E-state index contributed by atoms with van der Waals surface area (Å²) in [4.78, 5) is 15.7. The fourth-order valence-electron chi connectivity index (χ4n) is 3.73. The Balaban J connectivity index is 1.53. The van der Waals surface area contributed by atoms with Gasteiger partial charge in [0, 0.05) is 37.0 Å². The molecular formula is C22H21F3N4. The predicted molar refractivity (Wildman–Crippen MR) is 104 cm³/mol. The minimum Gasteiger partial charge on any atom is -0.297 e. The van der Waals surface area contributed by atoms with Gasteiger partial charge in [-0.3, -0.25) is 14.9 Å². The molecule has 1 atom stereocenters.